The highest BCUT2D eigenvalue weighted by molar-refractivity contribution is 5.93. The fourth-order valence-electron chi connectivity index (χ4n) is 5.97. The highest BCUT2D eigenvalue weighted by Gasteiger charge is 2.56. The molecule has 2 amide bonds. The van der Waals surface area contributed by atoms with Gasteiger partial charge in [-0.3, -0.25) is 9.59 Å². The number of likely N-dealkylation sites (tertiary alicyclic amines) is 1. The van der Waals surface area contributed by atoms with Gasteiger partial charge in [-0.1, -0.05) is 57.6 Å². The van der Waals surface area contributed by atoms with Crippen molar-refractivity contribution in [2.24, 2.45) is 23.2 Å². The minimum atomic E-state index is -4.48. The number of benzene rings is 1. The standard InChI is InChI=1S/C27H33F3N2O2/c1-25(2,3)16-6-8-17(9-7-16)31-24(34)23-18-10-13-21-26(4,15-14-22(33)32(21)5)19(18)11-12-20(23)27(28,29)30/h6-9,11,13,18,20,23H,10,12,14-15H2,1-5H3,(H,31,34)/t18-,20?,23?,26-/m1/s1. The molecule has 1 heterocycles. The molecule has 1 fully saturated rings. The van der Waals surface area contributed by atoms with E-state index in [0.29, 0.717) is 24.9 Å². The summed E-state index contributed by atoms with van der Waals surface area (Å²) in [4.78, 5) is 27.3. The quantitative estimate of drug-likeness (QED) is 0.518. The molecular formula is C27H33F3N2O2. The van der Waals surface area contributed by atoms with E-state index in [0.717, 1.165) is 16.8 Å². The Balaban J connectivity index is 1.67. The van der Waals surface area contributed by atoms with Gasteiger partial charge in [-0.2, -0.15) is 13.2 Å². The van der Waals surface area contributed by atoms with Crippen LogP contribution in [0, 0.1) is 23.2 Å². The number of anilines is 1. The third kappa shape index (κ3) is 4.18. The van der Waals surface area contributed by atoms with E-state index < -0.39 is 35.3 Å². The molecular weight excluding hydrogens is 441 g/mol. The molecule has 1 saturated heterocycles. The molecule has 0 saturated carbocycles. The third-order valence-corrected chi connectivity index (χ3v) is 7.94. The minimum absolute atomic E-state index is 0.0137. The second-order valence-corrected chi connectivity index (χ2v) is 11.1. The minimum Gasteiger partial charge on any atom is -0.326 e. The Hall–Kier alpha value is -2.57. The summed E-state index contributed by atoms with van der Waals surface area (Å²) in [6, 6.07) is 7.30. The number of rotatable bonds is 2. The van der Waals surface area contributed by atoms with E-state index in [2.05, 4.69) is 26.1 Å². The van der Waals surface area contributed by atoms with Crippen molar-refractivity contribution in [3.05, 3.63) is 53.3 Å². The lowest BCUT2D eigenvalue weighted by atomic mass is 9.57. The number of nitrogens with zero attached hydrogens (tertiary/aromatic N) is 1. The van der Waals surface area contributed by atoms with Crippen molar-refractivity contribution in [3.63, 3.8) is 0 Å². The molecule has 0 aromatic heterocycles. The Morgan fingerprint density at radius 3 is 2.32 bits per heavy atom. The monoisotopic (exact) mass is 474 g/mol. The molecule has 2 aliphatic carbocycles. The number of amides is 2. The molecule has 1 aromatic carbocycles. The van der Waals surface area contributed by atoms with Gasteiger partial charge >= 0.3 is 6.18 Å². The summed E-state index contributed by atoms with van der Waals surface area (Å²) in [5, 5.41) is 2.77. The van der Waals surface area contributed by atoms with Crippen LogP contribution >= 0.6 is 0 Å². The lowest BCUT2D eigenvalue weighted by Gasteiger charge is -2.51. The number of nitrogens with one attached hydrogen (secondary N) is 1. The predicted octanol–water partition coefficient (Wildman–Crippen LogP) is 6.21. The molecule has 2 unspecified atom stereocenters. The van der Waals surface area contributed by atoms with Gasteiger partial charge in [0.1, 0.15) is 0 Å². The van der Waals surface area contributed by atoms with Crippen LogP contribution < -0.4 is 5.32 Å². The lowest BCUT2D eigenvalue weighted by molar-refractivity contribution is -0.195. The Kier molecular flexibility index (Phi) is 5.98. The van der Waals surface area contributed by atoms with Crippen LogP contribution in [0.3, 0.4) is 0 Å². The smallest absolute Gasteiger partial charge is 0.326 e. The number of piperidine rings is 1. The molecule has 0 bridgehead atoms. The first-order valence-corrected chi connectivity index (χ1v) is 11.9. The fourth-order valence-corrected chi connectivity index (χ4v) is 5.97. The van der Waals surface area contributed by atoms with Gasteiger partial charge in [0.2, 0.25) is 11.8 Å². The van der Waals surface area contributed by atoms with Crippen LogP contribution in [0.4, 0.5) is 18.9 Å². The fraction of sp³-hybridized carbons (Fsp3) is 0.556. The van der Waals surface area contributed by atoms with Crippen LogP contribution in [0.25, 0.3) is 0 Å². The zero-order valence-electron chi connectivity index (χ0n) is 20.4. The van der Waals surface area contributed by atoms with Crippen molar-refractivity contribution < 1.29 is 22.8 Å². The first kappa shape index (κ1) is 24.6. The van der Waals surface area contributed by atoms with Gasteiger partial charge in [0.15, 0.2) is 0 Å². The highest BCUT2D eigenvalue weighted by atomic mass is 19.4. The summed E-state index contributed by atoms with van der Waals surface area (Å²) in [7, 11) is 1.72. The molecule has 34 heavy (non-hydrogen) atoms. The van der Waals surface area contributed by atoms with Crippen molar-refractivity contribution in [1.29, 1.82) is 0 Å². The van der Waals surface area contributed by atoms with Crippen LogP contribution in [0.15, 0.2) is 47.7 Å². The van der Waals surface area contributed by atoms with Gasteiger partial charge in [-0.15, -0.1) is 0 Å². The normalized spacial score (nSPS) is 29.6. The van der Waals surface area contributed by atoms with Crippen molar-refractivity contribution in [2.75, 3.05) is 12.4 Å². The van der Waals surface area contributed by atoms with E-state index in [1.165, 1.54) is 0 Å². The second-order valence-electron chi connectivity index (χ2n) is 11.1. The van der Waals surface area contributed by atoms with E-state index in [1.54, 1.807) is 30.2 Å². The molecule has 184 valence electrons. The SMILES string of the molecule is CN1C(=O)CC[C@]2(C)C3=CCC(C(F)(F)F)C(C(=O)Nc4ccc(C(C)(C)C)cc4)[C@@H]3CC=C12. The van der Waals surface area contributed by atoms with Crippen molar-refractivity contribution in [3.8, 4) is 0 Å². The topological polar surface area (TPSA) is 49.4 Å². The second kappa shape index (κ2) is 8.28. The van der Waals surface area contributed by atoms with Gasteiger partial charge in [-0.05, 0) is 48.3 Å². The van der Waals surface area contributed by atoms with Gasteiger partial charge in [0, 0.05) is 30.3 Å². The zero-order chi connectivity index (χ0) is 25.1. The number of halogens is 3. The Bertz CT molecular complexity index is 1050. The molecule has 1 aromatic rings. The Labute approximate surface area is 199 Å². The number of fused-ring (bicyclic) bond motifs is 3. The first-order chi connectivity index (χ1) is 15.7. The zero-order valence-corrected chi connectivity index (χ0v) is 20.4. The average molecular weight is 475 g/mol. The maximum atomic E-state index is 14.1. The van der Waals surface area contributed by atoms with Gasteiger partial charge in [0.25, 0.3) is 0 Å². The van der Waals surface area contributed by atoms with E-state index in [9.17, 15) is 22.8 Å². The van der Waals surface area contributed by atoms with Crippen molar-refractivity contribution in [1.82, 2.24) is 4.90 Å². The van der Waals surface area contributed by atoms with Crippen LogP contribution in [0.1, 0.15) is 58.9 Å². The van der Waals surface area contributed by atoms with E-state index in [-0.39, 0.29) is 17.7 Å². The largest absolute Gasteiger partial charge is 0.392 e. The summed E-state index contributed by atoms with van der Waals surface area (Å²) < 4.78 is 42.3. The maximum Gasteiger partial charge on any atom is 0.392 e. The van der Waals surface area contributed by atoms with Crippen LogP contribution in [-0.2, 0) is 15.0 Å². The van der Waals surface area contributed by atoms with Crippen LogP contribution in [0.2, 0.25) is 0 Å². The van der Waals surface area contributed by atoms with Gasteiger partial charge in [0.05, 0.1) is 11.8 Å². The first-order valence-electron chi connectivity index (χ1n) is 11.9. The summed E-state index contributed by atoms with van der Waals surface area (Å²) in [6.07, 6.45) is 0.0541. The van der Waals surface area contributed by atoms with E-state index in [1.807, 2.05) is 25.1 Å². The van der Waals surface area contributed by atoms with E-state index in [4.69, 9.17) is 0 Å². The predicted molar refractivity (Wildman–Crippen MR) is 126 cm³/mol. The summed E-state index contributed by atoms with van der Waals surface area (Å²) >= 11 is 0. The molecule has 3 aliphatic rings. The van der Waals surface area contributed by atoms with Crippen LogP contribution in [-0.4, -0.2) is 29.9 Å². The summed E-state index contributed by atoms with van der Waals surface area (Å²) in [5.41, 5.74) is 2.69. The molecule has 0 spiro atoms. The number of hydrogen-bond acceptors (Lipinski definition) is 2. The lowest BCUT2D eigenvalue weighted by Crippen LogP contribution is -2.51. The molecule has 0 radical (unpaired) electrons. The van der Waals surface area contributed by atoms with Crippen LogP contribution in [0.5, 0.6) is 0 Å². The number of carbonyl (C=O) groups excluding carboxylic acids is 2. The number of alkyl halides is 3. The molecule has 7 heteroatoms. The third-order valence-electron chi connectivity index (χ3n) is 7.94. The summed E-state index contributed by atoms with van der Waals surface area (Å²) in [5.74, 6) is -4.09. The van der Waals surface area contributed by atoms with Crippen molar-refractivity contribution >= 4 is 17.5 Å². The van der Waals surface area contributed by atoms with Crippen molar-refractivity contribution in [2.45, 2.75) is 65.0 Å². The maximum absolute atomic E-state index is 14.1. The molecule has 4 rings (SSSR count). The molecule has 4 atom stereocenters. The van der Waals surface area contributed by atoms with E-state index >= 15 is 0 Å². The number of carbonyl (C=O) groups is 2. The summed E-state index contributed by atoms with van der Waals surface area (Å²) in [6.45, 7) is 8.22. The number of hydrogen-bond donors (Lipinski definition) is 1. The van der Waals surface area contributed by atoms with Gasteiger partial charge in [-0.25, -0.2) is 0 Å². The molecule has 1 N–H and O–H groups in total. The highest BCUT2D eigenvalue weighted by Crippen LogP contribution is 2.57. The molecule has 4 nitrogen and oxygen atoms in total. The Morgan fingerprint density at radius 1 is 1.09 bits per heavy atom. The number of allylic oxidation sites excluding steroid dienone is 3. The Morgan fingerprint density at radius 2 is 1.74 bits per heavy atom. The average Bonchev–Trinajstić information content (AvgIpc) is 2.75. The van der Waals surface area contributed by atoms with Gasteiger partial charge < -0.3 is 10.2 Å². The molecule has 1 aliphatic heterocycles.